The molecule has 6 heteroatoms. The minimum absolute atomic E-state index is 0.0468. The molecule has 0 radical (unpaired) electrons. The molecule has 23 heavy (non-hydrogen) atoms. The Bertz CT molecular complexity index is 462. The van der Waals surface area contributed by atoms with Crippen LogP contribution in [-0.2, 0) is 23.8 Å². The molecule has 0 aliphatic carbocycles. The summed E-state index contributed by atoms with van der Waals surface area (Å²) in [5.74, 6) is -0.738. The van der Waals surface area contributed by atoms with E-state index in [9.17, 15) is 9.59 Å². The summed E-state index contributed by atoms with van der Waals surface area (Å²) in [6.45, 7) is 5.57. The van der Waals surface area contributed by atoms with Gasteiger partial charge in [-0.3, -0.25) is 9.59 Å². The summed E-state index contributed by atoms with van der Waals surface area (Å²) >= 11 is 0. The van der Waals surface area contributed by atoms with Gasteiger partial charge in [-0.2, -0.15) is 0 Å². The van der Waals surface area contributed by atoms with Crippen LogP contribution in [0.3, 0.4) is 0 Å². The number of ether oxygens (including phenoxy) is 3. The van der Waals surface area contributed by atoms with Crippen molar-refractivity contribution < 1.29 is 28.9 Å². The number of aliphatic carboxylic acids is 1. The second-order valence-electron chi connectivity index (χ2n) is 6.97. The highest BCUT2D eigenvalue weighted by molar-refractivity contribution is 5.69. The summed E-state index contributed by atoms with van der Waals surface area (Å²) in [4.78, 5) is 22.5. The van der Waals surface area contributed by atoms with Crippen molar-refractivity contribution in [2.75, 3.05) is 0 Å². The molecule has 0 amide bonds. The molecule has 1 N–H and O–H groups in total. The number of fused-ring (bicyclic) bond motifs is 5. The van der Waals surface area contributed by atoms with E-state index >= 15 is 0 Å². The third-order valence-electron chi connectivity index (χ3n) is 5.70. The van der Waals surface area contributed by atoms with Crippen LogP contribution < -0.4 is 0 Å². The normalized spacial score (nSPS) is 42.5. The molecule has 130 valence electrons. The zero-order valence-electron chi connectivity index (χ0n) is 13.9. The lowest BCUT2D eigenvalue weighted by Crippen LogP contribution is -2.43. The number of hydrogen-bond donors (Lipinski definition) is 1. The standard InChI is InChI=1S/C17H26O6/c1-4-10-15-13-6-9(12(7-14(19)20)21-8(3)18)17(23-13)16(15)11(5-2)22-10/h9-13,15-17H,4-7H2,1-3H3,(H,19,20). The molecule has 0 spiro atoms. The fourth-order valence-electron chi connectivity index (χ4n) is 4.97. The van der Waals surface area contributed by atoms with E-state index in [0.717, 1.165) is 19.3 Å². The third kappa shape index (κ3) is 2.87. The highest BCUT2D eigenvalue weighted by Gasteiger charge is 2.63. The molecule has 0 saturated carbocycles. The van der Waals surface area contributed by atoms with Gasteiger partial charge < -0.3 is 19.3 Å². The van der Waals surface area contributed by atoms with Gasteiger partial charge >= 0.3 is 11.9 Å². The van der Waals surface area contributed by atoms with E-state index in [0.29, 0.717) is 11.8 Å². The Morgan fingerprint density at radius 3 is 2.39 bits per heavy atom. The van der Waals surface area contributed by atoms with Gasteiger partial charge in [0.25, 0.3) is 0 Å². The van der Waals surface area contributed by atoms with E-state index in [2.05, 4.69) is 13.8 Å². The second-order valence-corrected chi connectivity index (χ2v) is 6.97. The summed E-state index contributed by atoms with van der Waals surface area (Å²) in [6, 6.07) is 0. The third-order valence-corrected chi connectivity index (χ3v) is 5.70. The summed E-state index contributed by atoms with van der Waals surface area (Å²) in [7, 11) is 0. The van der Waals surface area contributed by atoms with Gasteiger partial charge in [0.2, 0.25) is 0 Å². The van der Waals surface area contributed by atoms with Gasteiger partial charge in [0, 0.05) is 24.7 Å². The lowest BCUT2D eigenvalue weighted by molar-refractivity contribution is -0.155. The molecule has 8 unspecified atom stereocenters. The Balaban J connectivity index is 1.79. The largest absolute Gasteiger partial charge is 0.481 e. The molecule has 0 aromatic rings. The average Bonchev–Trinajstić information content (AvgIpc) is 3.15. The van der Waals surface area contributed by atoms with Gasteiger partial charge in [-0.15, -0.1) is 0 Å². The monoisotopic (exact) mass is 326 g/mol. The van der Waals surface area contributed by atoms with Gasteiger partial charge in [0.05, 0.1) is 30.8 Å². The molecule has 3 aliphatic heterocycles. The van der Waals surface area contributed by atoms with Crippen molar-refractivity contribution in [3.8, 4) is 0 Å². The number of rotatable bonds is 6. The maximum atomic E-state index is 11.4. The molecular formula is C17H26O6. The first-order chi connectivity index (χ1) is 11.0. The van der Waals surface area contributed by atoms with Crippen LogP contribution in [-0.4, -0.2) is 47.6 Å². The van der Waals surface area contributed by atoms with E-state index in [1.165, 1.54) is 6.92 Å². The van der Waals surface area contributed by atoms with Crippen molar-refractivity contribution in [3.05, 3.63) is 0 Å². The Morgan fingerprint density at radius 2 is 1.83 bits per heavy atom. The van der Waals surface area contributed by atoms with Crippen LogP contribution >= 0.6 is 0 Å². The molecule has 3 aliphatic rings. The van der Waals surface area contributed by atoms with Crippen LogP contribution in [0.5, 0.6) is 0 Å². The van der Waals surface area contributed by atoms with Crippen molar-refractivity contribution in [1.82, 2.24) is 0 Å². The maximum Gasteiger partial charge on any atom is 0.307 e. The van der Waals surface area contributed by atoms with Crippen LogP contribution in [0, 0.1) is 17.8 Å². The Morgan fingerprint density at radius 1 is 1.17 bits per heavy atom. The number of carbonyl (C=O) groups is 2. The number of esters is 1. The van der Waals surface area contributed by atoms with Crippen LogP contribution in [0.15, 0.2) is 0 Å². The van der Waals surface area contributed by atoms with E-state index < -0.39 is 18.0 Å². The molecule has 3 fully saturated rings. The molecule has 2 bridgehead atoms. The van der Waals surface area contributed by atoms with E-state index in [1.54, 1.807) is 0 Å². The minimum atomic E-state index is -0.947. The van der Waals surface area contributed by atoms with E-state index in [1.807, 2.05) is 0 Å². The van der Waals surface area contributed by atoms with Crippen molar-refractivity contribution in [3.63, 3.8) is 0 Å². The van der Waals surface area contributed by atoms with Gasteiger partial charge in [0.1, 0.15) is 6.10 Å². The van der Waals surface area contributed by atoms with Crippen LogP contribution in [0.4, 0.5) is 0 Å². The Hall–Kier alpha value is -1.14. The van der Waals surface area contributed by atoms with Crippen LogP contribution in [0.25, 0.3) is 0 Å². The first-order valence-electron chi connectivity index (χ1n) is 8.66. The molecule has 3 rings (SSSR count). The molecule has 3 heterocycles. The lowest BCUT2D eigenvalue weighted by atomic mass is 9.69. The van der Waals surface area contributed by atoms with Crippen molar-refractivity contribution >= 4 is 11.9 Å². The van der Waals surface area contributed by atoms with Gasteiger partial charge in [-0.1, -0.05) is 13.8 Å². The van der Waals surface area contributed by atoms with Crippen LogP contribution in [0.2, 0.25) is 0 Å². The second kappa shape index (κ2) is 6.40. The van der Waals surface area contributed by atoms with Crippen molar-refractivity contribution in [2.45, 2.75) is 77.0 Å². The molecule has 0 aromatic heterocycles. The van der Waals surface area contributed by atoms with Gasteiger partial charge in [-0.25, -0.2) is 0 Å². The summed E-state index contributed by atoms with van der Waals surface area (Å²) in [6.07, 6.45) is 2.30. The fraction of sp³-hybridized carbons (Fsp3) is 0.882. The number of carboxylic acids is 1. The molecule has 6 nitrogen and oxygen atoms in total. The topological polar surface area (TPSA) is 82.1 Å². The number of hydrogen-bond acceptors (Lipinski definition) is 5. The predicted molar refractivity (Wildman–Crippen MR) is 80.8 cm³/mol. The Labute approximate surface area is 136 Å². The quantitative estimate of drug-likeness (QED) is 0.752. The number of carboxylic acid groups (broad SMARTS) is 1. The molecule has 0 aromatic carbocycles. The minimum Gasteiger partial charge on any atom is -0.481 e. The van der Waals surface area contributed by atoms with Gasteiger partial charge in [-0.05, 0) is 19.3 Å². The van der Waals surface area contributed by atoms with Crippen LogP contribution in [0.1, 0.15) is 46.5 Å². The van der Waals surface area contributed by atoms with E-state index in [-0.39, 0.29) is 36.8 Å². The highest BCUT2D eigenvalue weighted by Crippen LogP contribution is 2.56. The molecule has 8 atom stereocenters. The SMILES string of the molecule is CCC1OC(CC)C2C3OC(CC3C(CC(=O)O)OC(C)=O)C12. The lowest BCUT2D eigenvalue weighted by Gasteiger charge is -2.34. The average molecular weight is 326 g/mol. The summed E-state index contributed by atoms with van der Waals surface area (Å²) < 4.78 is 17.7. The highest BCUT2D eigenvalue weighted by atomic mass is 16.6. The number of carbonyl (C=O) groups excluding carboxylic acids is 1. The smallest absolute Gasteiger partial charge is 0.307 e. The maximum absolute atomic E-state index is 11.4. The fourth-order valence-corrected chi connectivity index (χ4v) is 4.97. The Kier molecular flexibility index (Phi) is 4.65. The molecular weight excluding hydrogens is 300 g/mol. The molecule has 3 saturated heterocycles. The van der Waals surface area contributed by atoms with Gasteiger partial charge in [0.15, 0.2) is 0 Å². The van der Waals surface area contributed by atoms with Crippen molar-refractivity contribution in [1.29, 1.82) is 0 Å². The summed E-state index contributed by atoms with van der Waals surface area (Å²) in [5.41, 5.74) is 0. The predicted octanol–water partition coefficient (Wildman–Crippen LogP) is 2.00. The first kappa shape index (κ1) is 16.7. The van der Waals surface area contributed by atoms with E-state index in [4.69, 9.17) is 19.3 Å². The summed E-state index contributed by atoms with van der Waals surface area (Å²) in [5, 5.41) is 9.14. The zero-order valence-corrected chi connectivity index (χ0v) is 13.9. The van der Waals surface area contributed by atoms with Crippen molar-refractivity contribution in [2.24, 2.45) is 17.8 Å². The first-order valence-corrected chi connectivity index (χ1v) is 8.66. The zero-order chi connectivity index (χ0) is 16.7.